The first-order valence-corrected chi connectivity index (χ1v) is 9.08. The number of carboxylic acids is 1. The van der Waals surface area contributed by atoms with E-state index in [1.165, 1.54) is 17.0 Å². The maximum absolute atomic E-state index is 12.3. The summed E-state index contributed by atoms with van der Waals surface area (Å²) < 4.78 is 27.3. The van der Waals surface area contributed by atoms with Crippen LogP contribution < -0.4 is 14.7 Å². The van der Waals surface area contributed by atoms with Crippen molar-refractivity contribution in [1.29, 1.82) is 0 Å². The molecule has 23 heavy (non-hydrogen) atoms. The fraction of sp³-hybridized carbons (Fsp3) is 0.562. The fourth-order valence-corrected chi connectivity index (χ4v) is 3.72. The quantitative estimate of drug-likeness (QED) is 0.591. The van der Waals surface area contributed by atoms with Crippen molar-refractivity contribution in [3.05, 3.63) is 29.8 Å². The number of nitrogens with one attached hydrogen (secondary N) is 2. The second-order valence-electron chi connectivity index (χ2n) is 6.89. The van der Waals surface area contributed by atoms with E-state index in [1.807, 2.05) is 27.9 Å². The van der Waals surface area contributed by atoms with E-state index in [-0.39, 0.29) is 16.7 Å². The molecule has 0 aromatic heterocycles. The third-order valence-electron chi connectivity index (χ3n) is 3.42. The standard InChI is InChI=1S/C16H26N2O4S/c1-16(2,12-18(3)4)11-17-23(21,22)14-8-5-13(6-9-14)7-10-15(19)20/h5-6,8-9,17H,7,10-12H2,1-4H3,(H,19,20). The average Bonchev–Trinajstić information content (AvgIpc) is 2.42. The summed E-state index contributed by atoms with van der Waals surface area (Å²) in [7, 11) is 0.494. The number of benzene rings is 1. The van der Waals surface area contributed by atoms with Gasteiger partial charge < -0.3 is 14.8 Å². The Kier molecular flexibility index (Phi) is 6.73. The Morgan fingerprint density at radius 2 is 1.78 bits per heavy atom. The maximum atomic E-state index is 12.3. The van der Waals surface area contributed by atoms with Crippen LogP contribution in [0, 0.1) is 5.41 Å². The molecule has 6 nitrogen and oxygen atoms in total. The van der Waals surface area contributed by atoms with E-state index in [4.69, 9.17) is 0 Å². The molecule has 0 amide bonds. The van der Waals surface area contributed by atoms with Crippen molar-refractivity contribution in [3.63, 3.8) is 0 Å². The summed E-state index contributed by atoms with van der Waals surface area (Å²) in [6.07, 6.45) is 0.250. The van der Waals surface area contributed by atoms with Crippen molar-refractivity contribution in [1.82, 2.24) is 4.72 Å². The van der Waals surface area contributed by atoms with Crippen LogP contribution in [0.4, 0.5) is 0 Å². The molecule has 0 saturated heterocycles. The monoisotopic (exact) mass is 342 g/mol. The summed E-state index contributed by atoms with van der Waals surface area (Å²) in [4.78, 5) is 11.9. The molecule has 0 fully saturated rings. The number of carboxylic acid groups (broad SMARTS) is 1. The zero-order chi connectivity index (χ0) is 17.7. The van der Waals surface area contributed by atoms with Crippen LogP contribution in [0.1, 0.15) is 25.8 Å². The van der Waals surface area contributed by atoms with Crippen LogP contribution in [0.3, 0.4) is 0 Å². The zero-order valence-electron chi connectivity index (χ0n) is 14.2. The molecule has 0 heterocycles. The van der Waals surface area contributed by atoms with Gasteiger partial charge in [0.2, 0.25) is 10.0 Å². The Hall–Kier alpha value is -1.44. The van der Waals surface area contributed by atoms with E-state index in [1.54, 1.807) is 12.1 Å². The fourth-order valence-electron chi connectivity index (χ4n) is 2.47. The van der Waals surface area contributed by atoms with Gasteiger partial charge in [-0.1, -0.05) is 26.0 Å². The largest absolute Gasteiger partial charge is 0.550 e. The highest BCUT2D eigenvalue weighted by Crippen LogP contribution is 2.15. The molecule has 0 aliphatic rings. The molecular weight excluding hydrogens is 316 g/mol. The molecule has 1 aromatic carbocycles. The van der Waals surface area contributed by atoms with Crippen LogP contribution in [0.15, 0.2) is 29.2 Å². The van der Waals surface area contributed by atoms with Gasteiger partial charge in [-0.05, 0) is 30.5 Å². The topological polar surface area (TPSA) is 90.7 Å². The molecule has 0 bridgehead atoms. The van der Waals surface area contributed by atoms with Crippen LogP contribution in [-0.2, 0) is 21.2 Å². The van der Waals surface area contributed by atoms with Gasteiger partial charge in [-0.25, -0.2) is 13.1 Å². The van der Waals surface area contributed by atoms with Gasteiger partial charge in [0.1, 0.15) is 0 Å². The van der Waals surface area contributed by atoms with Crippen molar-refractivity contribution in [2.24, 2.45) is 5.41 Å². The first-order chi connectivity index (χ1) is 10.5. The molecule has 0 aliphatic heterocycles. The molecule has 0 spiro atoms. The number of aryl methyl sites for hydroxylation is 1. The van der Waals surface area contributed by atoms with Gasteiger partial charge in [0.05, 0.1) is 25.5 Å². The van der Waals surface area contributed by atoms with Crippen LogP contribution >= 0.6 is 0 Å². The second-order valence-corrected chi connectivity index (χ2v) is 8.66. The van der Waals surface area contributed by atoms with Crippen molar-refractivity contribution < 1.29 is 23.2 Å². The van der Waals surface area contributed by atoms with Crippen molar-refractivity contribution in [2.75, 3.05) is 27.2 Å². The van der Waals surface area contributed by atoms with Gasteiger partial charge in [-0.3, -0.25) is 0 Å². The van der Waals surface area contributed by atoms with E-state index in [9.17, 15) is 18.3 Å². The molecule has 0 radical (unpaired) electrons. The lowest BCUT2D eigenvalue weighted by molar-refractivity contribution is -0.865. The highest BCUT2D eigenvalue weighted by molar-refractivity contribution is 7.89. The number of carbonyl (C=O) groups excluding carboxylic acids is 1. The molecule has 7 heteroatoms. The molecule has 130 valence electrons. The second kappa shape index (κ2) is 7.90. The smallest absolute Gasteiger partial charge is 0.240 e. The van der Waals surface area contributed by atoms with E-state index in [0.717, 1.165) is 12.1 Å². The van der Waals surface area contributed by atoms with Gasteiger partial charge >= 0.3 is 0 Å². The Morgan fingerprint density at radius 1 is 1.22 bits per heavy atom. The van der Waals surface area contributed by atoms with E-state index in [0.29, 0.717) is 13.0 Å². The number of aliphatic carboxylic acids is 1. The summed E-state index contributed by atoms with van der Waals surface area (Å²) in [5.74, 6) is -1.12. The summed E-state index contributed by atoms with van der Waals surface area (Å²) >= 11 is 0. The van der Waals surface area contributed by atoms with E-state index >= 15 is 0 Å². The molecule has 2 N–H and O–H groups in total. The number of carbonyl (C=O) groups is 1. The number of sulfonamides is 1. The highest BCUT2D eigenvalue weighted by atomic mass is 32.2. The Morgan fingerprint density at radius 3 is 2.26 bits per heavy atom. The first kappa shape index (κ1) is 19.6. The molecule has 1 rings (SSSR count). The SMILES string of the molecule is C[NH+](C)CC(C)(C)CNS(=O)(=O)c1ccc(CCC(=O)[O-])cc1. The lowest BCUT2D eigenvalue weighted by atomic mass is 9.93. The zero-order valence-corrected chi connectivity index (χ0v) is 15.0. The van der Waals surface area contributed by atoms with E-state index in [2.05, 4.69) is 4.72 Å². The summed E-state index contributed by atoms with van der Waals surface area (Å²) in [5.41, 5.74) is 0.616. The summed E-state index contributed by atoms with van der Waals surface area (Å²) in [6, 6.07) is 6.26. The molecule has 0 aliphatic carbocycles. The van der Waals surface area contributed by atoms with Crippen molar-refractivity contribution in [3.8, 4) is 0 Å². The minimum Gasteiger partial charge on any atom is -0.550 e. The van der Waals surface area contributed by atoms with E-state index < -0.39 is 16.0 Å². The first-order valence-electron chi connectivity index (χ1n) is 7.59. The van der Waals surface area contributed by atoms with Gasteiger partial charge in [0.15, 0.2) is 0 Å². The average molecular weight is 342 g/mol. The van der Waals surface area contributed by atoms with Crippen LogP contribution in [-0.4, -0.2) is 41.6 Å². The minimum absolute atomic E-state index is 0.0780. The minimum atomic E-state index is -3.57. The lowest BCUT2D eigenvalue weighted by Crippen LogP contribution is -3.07. The molecule has 0 atom stereocenters. The molecule has 0 saturated carbocycles. The predicted octanol–water partition coefficient (Wildman–Crippen LogP) is -1.18. The van der Waals surface area contributed by atoms with Crippen molar-refractivity contribution >= 4 is 16.0 Å². The molecule has 1 aromatic rings. The van der Waals surface area contributed by atoms with Crippen LogP contribution in [0.5, 0.6) is 0 Å². The normalized spacial score (nSPS) is 12.6. The third-order valence-corrected chi connectivity index (χ3v) is 4.84. The van der Waals surface area contributed by atoms with Crippen molar-refractivity contribution in [2.45, 2.75) is 31.6 Å². The lowest BCUT2D eigenvalue weighted by Gasteiger charge is -2.26. The Bertz CT molecular complexity index is 622. The van der Waals surface area contributed by atoms with Crippen LogP contribution in [0.2, 0.25) is 0 Å². The maximum Gasteiger partial charge on any atom is 0.240 e. The van der Waals surface area contributed by atoms with Gasteiger partial charge in [-0.2, -0.15) is 0 Å². The number of hydrogen-bond acceptors (Lipinski definition) is 4. The molecule has 0 unspecified atom stereocenters. The Labute approximate surface area is 138 Å². The van der Waals surface area contributed by atoms with Gasteiger partial charge in [0, 0.05) is 17.9 Å². The summed E-state index contributed by atoms with van der Waals surface area (Å²) in [5, 5.41) is 10.4. The summed E-state index contributed by atoms with van der Waals surface area (Å²) in [6.45, 7) is 5.24. The van der Waals surface area contributed by atoms with Gasteiger partial charge in [-0.15, -0.1) is 0 Å². The van der Waals surface area contributed by atoms with Gasteiger partial charge in [0.25, 0.3) is 0 Å². The number of rotatable bonds is 9. The highest BCUT2D eigenvalue weighted by Gasteiger charge is 2.25. The number of hydrogen-bond donors (Lipinski definition) is 2. The van der Waals surface area contributed by atoms with Crippen LogP contribution in [0.25, 0.3) is 0 Å². The Balaban J connectivity index is 2.71. The third kappa shape index (κ3) is 7.11. The predicted molar refractivity (Wildman–Crippen MR) is 86.4 cm³/mol. The molecular formula is C16H26N2O4S. The number of quaternary nitrogens is 1.